The normalized spacial score (nSPS) is 24.4. The maximum absolute atomic E-state index is 9.21. The van der Waals surface area contributed by atoms with E-state index >= 15 is 0 Å². The topological polar surface area (TPSA) is 41.5 Å². The van der Waals surface area contributed by atoms with Crippen LogP contribution in [-0.2, 0) is 4.74 Å². The molecule has 1 saturated heterocycles. The van der Waals surface area contributed by atoms with E-state index in [9.17, 15) is 5.11 Å². The van der Waals surface area contributed by atoms with Crippen molar-refractivity contribution in [1.29, 1.82) is 0 Å². The molecule has 0 bridgehead atoms. The SMILES string of the molecule is CC(C)CC(CO)NCC1CCCOC1. The Bertz CT molecular complexity index is 156. The molecular weight excluding hydrogens is 190 g/mol. The molecule has 0 aromatic rings. The van der Waals surface area contributed by atoms with Gasteiger partial charge in [-0.25, -0.2) is 0 Å². The lowest BCUT2D eigenvalue weighted by molar-refractivity contribution is 0.0523. The summed E-state index contributed by atoms with van der Waals surface area (Å²) in [6, 6.07) is 0.256. The van der Waals surface area contributed by atoms with Crippen molar-refractivity contribution in [3.63, 3.8) is 0 Å². The standard InChI is InChI=1S/C12H25NO2/c1-10(2)6-12(8-14)13-7-11-4-3-5-15-9-11/h10-14H,3-9H2,1-2H3. The molecule has 1 rings (SSSR count). The average Bonchev–Trinajstić information content (AvgIpc) is 2.25. The zero-order valence-corrected chi connectivity index (χ0v) is 10.0. The molecule has 3 heteroatoms. The second-order valence-corrected chi connectivity index (χ2v) is 5.00. The molecule has 2 unspecified atom stereocenters. The molecule has 1 aliphatic heterocycles. The van der Waals surface area contributed by atoms with Crippen LogP contribution in [0.2, 0.25) is 0 Å². The third kappa shape index (κ3) is 5.50. The first-order valence-electron chi connectivity index (χ1n) is 6.14. The minimum atomic E-state index is 0.242. The summed E-state index contributed by atoms with van der Waals surface area (Å²) in [7, 11) is 0. The van der Waals surface area contributed by atoms with Crippen LogP contribution in [-0.4, -0.2) is 37.5 Å². The maximum Gasteiger partial charge on any atom is 0.0584 e. The molecule has 1 heterocycles. The molecule has 90 valence electrons. The summed E-state index contributed by atoms with van der Waals surface area (Å²) in [5.41, 5.74) is 0. The van der Waals surface area contributed by atoms with E-state index in [-0.39, 0.29) is 12.6 Å². The fourth-order valence-corrected chi connectivity index (χ4v) is 2.09. The predicted octanol–water partition coefficient (Wildman–Crippen LogP) is 1.41. The molecule has 1 fully saturated rings. The van der Waals surface area contributed by atoms with Gasteiger partial charge in [0.25, 0.3) is 0 Å². The lowest BCUT2D eigenvalue weighted by atomic mass is 10.00. The van der Waals surface area contributed by atoms with Crippen LogP contribution in [0.3, 0.4) is 0 Å². The van der Waals surface area contributed by atoms with Crippen molar-refractivity contribution in [2.24, 2.45) is 11.8 Å². The highest BCUT2D eigenvalue weighted by Crippen LogP contribution is 2.13. The Morgan fingerprint density at radius 2 is 2.27 bits per heavy atom. The quantitative estimate of drug-likeness (QED) is 0.704. The van der Waals surface area contributed by atoms with Crippen LogP contribution in [0.5, 0.6) is 0 Å². The molecular formula is C12H25NO2. The van der Waals surface area contributed by atoms with Crippen LogP contribution in [0.1, 0.15) is 33.1 Å². The number of hydrogen-bond acceptors (Lipinski definition) is 3. The fraction of sp³-hybridized carbons (Fsp3) is 1.00. The first kappa shape index (κ1) is 12.9. The summed E-state index contributed by atoms with van der Waals surface area (Å²) in [5.74, 6) is 1.28. The highest BCUT2D eigenvalue weighted by Gasteiger charge is 2.16. The molecule has 0 amide bonds. The zero-order valence-electron chi connectivity index (χ0n) is 10.0. The van der Waals surface area contributed by atoms with Crippen LogP contribution in [0.25, 0.3) is 0 Å². The van der Waals surface area contributed by atoms with Gasteiger partial charge in [0.15, 0.2) is 0 Å². The Kier molecular flexibility index (Phi) is 6.22. The summed E-state index contributed by atoms with van der Waals surface area (Å²) in [5, 5.41) is 12.7. The molecule has 0 spiro atoms. The predicted molar refractivity (Wildman–Crippen MR) is 61.9 cm³/mol. The first-order chi connectivity index (χ1) is 7.22. The number of ether oxygens (including phenoxy) is 1. The Morgan fingerprint density at radius 1 is 1.47 bits per heavy atom. The zero-order chi connectivity index (χ0) is 11.1. The van der Waals surface area contributed by atoms with E-state index in [2.05, 4.69) is 19.2 Å². The molecule has 0 aromatic carbocycles. The minimum Gasteiger partial charge on any atom is -0.395 e. The van der Waals surface area contributed by atoms with E-state index in [1.54, 1.807) is 0 Å². The van der Waals surface area contributed by atoms with Gasteiger partial charge in [0.05, 0.1) is 13.2 Å². The molecule has 0 aliphatic carbocycles. The van der Waals surface area contributed by atoms with Gasteiger partial charge in [-0.1, -0.05) is 13.8 Å². The van der Waals surface area contributed by atoms with E-state index in [0.717, 1.165) is 26.2 Å². The Labute approximate surface area is 93.2 Å². The maximum atomic E-state index is 9.21. The number of aliphatic hydroxyl groups is 1. The van der Waals surface area contributed by atoms with E-state index in [1.807, 2.05) is 0 Å². The number of aliphatic hydroxyl groups excluding tert-OH is 1. The van der Waals surface area contributed by atoms with Crippen molar-refractivity contribution >= 4 is 0 Å². The highest BCUT2D eigenvalue weighted by atomic mass is 16.5. The smallest absolute Gasteiger partial charge is 0.0584 e. The highest BCUT2D eigenvalue weighted by molar-refractivity contribution is 4.72. The fourth-order valence-electron chi connectivity index (χ4n) is 2.09. The van der Waals surface area contributed by atoms with Crippen molar-refractivity contribution in [2.45, 2.75) is 39.2 Å². The van der Waals surface area contributed by atoms with Crippen LogP contribution in [0.15, 0.2) is 0 Å². The van der Waals surface area contributed by atoms with Crippen molar-refractivity contribution < 1.29 is 9.84 Å². The van der Waals surface area contributed by atoms with Crippen molar-refractivity contribution in [3.8, 4) is 0 Å². The molecule has 3 nitrogen and oxygen atoms in total. The van der Waals surface area contributed by atoms with Gasteiger partial charge in [0.2, 0.25) is 0 Å². The Balaban J connectivity index is 2.14. The molecule has 0 radical (unpaired) electrons. The molecule has 2 atom stereocenters. The molecule has 2 N–H and O–H groups in total. The van der Waals surface area contributed by atoms with E-state index in [4.69, 9.17) is 4.74 Å². The van der Waals surface area contributed by atoms with Crippen LogP contribution >= 0.6 is 0 Å². The monoisotopic (exact) mass is 215 g/mol. The Morgan fingerprint density at radius 3 is 2.80 bits per heavy atom. The second kappa shape index (κ2) is 7.20. The summed E-state index contributed by atoms with van der Waals surface area (Å²) >= 11 is 0. The summed E-state index contributed by atoms with van der Waals surface area (Å²) < 4.78 is 5.43. The number of rotatable bonds is 6. The molecule has 1 aliphatic rings. The van der Waals surface area contributed by atoms with Crippen molar-refractivity contribution in [1.82, 2.24) is 5.32 Å². The van der Waals surface area contributed by atoms with Gasteiger partial charge in [-0.15, -0.1) is 0 Å². The lowest BCUT2D eigenvalue weighted by Crippen LogP contribution is -2.39. The summed E-state index contributed by atoms with van der Waals surface area (Å²) in [4.78, 5) is 0. The average molecular weight is 215 g/mol. The largest absolute Gasteiger partial charge is 0.395 e. The molecule has 0 saturated carbocycles. The number of hydrogen-bond donors (Lipinski definition) is 2. The van der Waals surface area contributed by atoms with Crippen LogP contribution in [0.4, 0.5) is 0 Å². The van der Waals surface area contributed by atoms with Gasteiger partial charge < -0.3 is 15.2 Å². The van der Waals surface area contributed by atoms with Gasteiger partial charge in [-0.3, -0.25) is 0 Å². The van der Waals surface area contributed by atoms with Gasteiger partial charge in [-0.2, -0.15) is 0 Å². The summed E-state index contributed by atoms with van der Waals surface area (Å²) in [6.07, 6.45) is 3.48. The van der Waals surface area contributed by atoms with Crippen molar-refractivity contribution in [3.05, 3.63) is 0 Å². The van der Waals surface area contributed by atoms with Gasteiger partial charge in [-0.05, 0) is 31.1 Å². The van der Waals surface area contributed by atoms with E-state index < -0.39 is 0 Å². The van der Waals surface area contributed by atoms with E-state index in [1.165, 1.54) is 12.8 Å². The van der Waals surface area contributed by atoms with Gasteiger partial charge >= 0.3 is 0 Å². The van der Waals surface area contributed by atoms with Crippen LogP contribution in [0, 0.1) is 11.8 Å². The molecule has 0 aromatic heterocycles. The number of nitrogens with one attached hydrogen (secondary N) is 1. The van der Waals surface area contributed by atoms with Gasteiger partial charge in [0, 0.05) is 19.2 Å². The minimum absolute atomic E-state index is 0.242. The third-order valence-corrected chi connectivity index (χ3v) is 2.93. The Hall–Kier alpha value is -0.120. The van der Waals surface area contributed by atoms with E-state index in [0.29, 0.717) is 11.8 Å². The van der Waals surface area contributed by atoms with Gasteiger partial charge in [0.1, 0.15) is 0 Å². The second-order valence-electron chi connectivity index (χ2n) is 5.00. The molecule has 15 heavy (non-hydrogen) atoms. The first-order valence-corrected chi connectivity index (χ1v) is 6.14. The van der Waals surface area contributed by atoms with Crippen molar-refractivity contribution in [2.75, 3.05) is 26.4 Å². The third-order valence-electron chi connectivity index (χ3n) is 2.93. The summed E-state index contributed by atoms with van der Waals surface area (Å²) in [6.45, 7) is 7.41. The lowest BCUT2D eigenvalue weighted by Gasteiger charge is -2.25. The van der Waals surface area contributed by atoms with Crippen LogP contribution < -0.4 is 5.32 Å².